The summed E-state index contributed by atoms with van der Waals surface area (Å²) in [6, 6.07) is 0. The van der Waals surface area contributed by atoms with Crippen molar-refractivity contribution in [2.45, 2.75) is 24.9 Å². The lowest BCUT2D eigenvalue weighted by Gasteiger charge is -2.31. The first-order chi connectivity index (χ1) is 10.6. The zero-order valence-electron chi connectivity index (χ0n) is 14.1. The molecule has 0 aromatic heterocycles. The molecule has 0 radical (unpaired) electrons. The van der Waals surface area contributed by atoms with Crippen molar-refractivity contribution in [3.63, 3.8) is 0 Å². The van der Waals surface area contributed by atoms with E-state index in [1.165, 1.54) is 0 Å². The van der Waals surface area contributed by atoms with Crippen LogP contribution in [0.2, 0.25) is 0 Å². The third-order valence-electron chi connectivity index (χ3n) is 4.44. The van der Waals surface area contributed by atoms with Crippen LogP contribution in [-0.2, 0) is 4.74 Å². The fourth-order valence-corrected chi connectivity index (χ4v) is 2.92. The van der Waals surface area contributed by atoms with E-state index in [4.69, 9.17) is 4.74 Å². The number of ether oxygens (including phenoxy) is 1. The van der Waals surface area contributed by atoms with E-state index < -0.39 is 0 Å². The molecule has 1 atom stereocenters. The second-order valence-electron chi connectivity index (χ2n) is 6.95. The van der Waals surface area contributed by atoms with E-state index in [9.17, 15) is 0 Å². The van der Waals surface area contributed by atoms with Gasteiger partial charge in [0.2, 0.25) is 0 Å². The normalized spacial score (nSPS) is 30.5. The van der Waals surface area contributed by atoms with E-state index in [0.29, 0.717) is 13.5 Å². The molecule has 0 aromatic rings. The highest BCUT2D eigenvalue weighted by atomic mass is 16.5. The third-order valence-corrected chi connectivity index (χ3v) is 4.44. The van der Waals surface area contributed by atoms with Gasteiger partial charge < -0.3 is 20.7 Å². The van der Waals surface area contributed by atoms with Gasteiger partial charge in [0.1, 0.15) is 6.73 Å². The van der Waals surface area contributed by atoms with E-state index in [1.54, 1.807) is 0 Å². The van der Waals surface area contributed by atoms with Crippen molar-refractivity contribution >= 4 is 6.72 Å². The molecule has 4 N–H and O–H groups in total. The molecule has 0 saturated carbocycles. The van der Waals surface area contributed by atoms with Gasteiger partial charge in [0.05, 0.1) is 12.3 Å². The Balaban J connectivity index is 1.70. The zero-order valence-corrected chi connectivity index (χ0v) is 14.1. The maximum atomic E-state index is 5.84. The van der Waals surface area contributed by atoms with Gasteiger partial charge in [-0.2, -0.15) is 0 Å². The van der Waals surface area contributed by atoms with Crippen molar-refractivity contribution in [2.75, 3.05) is 65.8 Å². The number of hydrogen-bond donors (Lipinski definition) is 4. The van der Waals surface area contributed by atoms with Crippen LogP contribution in [0.3, 0.4) is 0 Å². The van der Waals surface area contributed by atoms with Gasteiger partial charge in [0.25, 0.3) is 0 Å². The molecule has 0 bridgehead atoms. The topological polar surface area (TPSA) is 73.0 Å². The molecule has 2 aliphatic rings. The lowest BCUT2D eigenvalue weighted by Crippen LogP contribution is -2.54. The summed E-state index contributed by atoms with van der Waals surface area (Å²) >= 11 is 0. The average molecular weight is 312 g/mol. The second kappa shape index (κ2) is 8.33. The summed E-state index contributed by atoms with van der Waals surface area (Å²) in [4.78, 5) is 6.56. The highest BCUT2D eigenvalue weighted by Gasteiger charge is 2.28. The minimum atomic E-state index is -0.131. The van der Waals surface area contributed by atoms with Crippen LogP contribution in [0, 0.1) is 0 Å². The van der Waals surface area contributed by atoms with Gasteiger partial charge in [-0.1, -0.05) is 0 Å². The van der Waals surface area contributed by atoms with Crippen molar-refractivity contribution in [1.29, 1.82) is 0 Å². The van der Waals surface area contributed by atoms with Gasteiger partial charge in [-0.25, -0.2) is 0 Å². The van der Waals surface area contributed by atoms with Gasteiger partial charge in [-0.15, -0.1) is 0 Å². The smallest absolute Gasteiger partial charge is 0.101 e. The van der Waals surface area contributed by atoms with Gasteiger partial charge in [0, 0.05) is 57.9 Å². The SMILES string of the molecule is C=NC1(C)CNCCN(COCNC2(C)CNCCNC2)C1. The van der Waals surface area contributed by atoms with Crippen LogP contribution in [0.1, 0.15) is 13.8 Å². The third kappa shape index (κ3) is 5.57. The maximum Gasteiger partial charge on any atom is 0.101 e. The van der Waals surface area contributed by atoms with Crippen LogP contribution in [0.5, 0.6) is 0 Å². The monoisotopic (exact) mass is 312 g/mol. The molecule has 22 heavy (non-hydrogen) atoms. The van der Waals surface area contributed by atoms with Gasteiger partial charge in [-0.3, -0.25) is 15.2 Å². The molecule has 2 rings (SSSR count). The quantitative estimate of drug-likeness (QED) is 0.281. The average Bonchev–Trinajstić information content (AvgIpc) is 2.83. The maximum absolute atomic E-state index is 5.84. The predicted octanol–water partition coefficient (Wildman–Crippen LogP) is -1.18. The molecular formula is C15H32N6O. The highest BCUT2D eigenvalue weighted by Crippen LogP contribution is 2.13. The van der Waals surface area contributed by atoms with Crippen LogP contribution in [0.15, 0.2) is 4.99 Å². The van der Waals surface area contributed by atoms with Crippen molar-refractivity contribution in [1.82, 2.24) is 26.2 Å². The van der Waals surface area contributed by atoms with Crippen LogP contribution in [0.4, 0.5) is 0 Å². The molecule has 0 aromatic carbocycles. The first-order valence-corrected chi connectivity index (χ1v) is 8.20. The Hall–Kier alpha value is -0.570. The Morgan fingerprint density at radius 2 is 1.82 bits per heavy atom. The summed E-state index contributed by atoms with van der Waals surface area (Å²) in [5.74, 6) is 0. The molecule has 2 heterocycles. The van der Waals surface area contributed by atoms with E-state index in [1.807, 2.05) is 0 Å². The largest absolute Gasteiger partial charge is 0.351 e. The lowest BCUT2D eigenvalue weighted by molar-refractivity contribution is 0.00619. The van der Waals surface area contributed by atoms with Crippen molar-refractivity contribution in [3.8, 4) is 0 Å². The minimum absolute atomic E-state index is 0.0357. The van der Waals surface area contributed by atoms with E-state index in [0.717, 1.165) is 52.4 Å². The molecule has 0 aliphatic carbocycles. The Bertz CT molecular complexity index is 345. The molecule has 2 saturated heterocycles. The number of hydrogen-bond acceptors (Lipinski definition) is 7. The summed E-state index contributed by atoms with van der Waals surface area (Å²) < 4.78 is 5.84. The number of nitrogens with zero attached hydrogens (tertiary/aromatic N) is 2. The van der Waals surface area contributed by atoms with Gasteiger partial charge in [-0.05, 0) is 20.6 Å². The Kier molecular flexibility index (Phi) is 6.73. The van der Waals surface area contributed by atoms with Crippen molar-refractivity contribution in [2.24, 2.45) is 4.99 Å². The van der Waals surface area contributed by atoms with E-state index in [-0.39, 0.29) is 11.1 Å². The molecule has 2 aliphatic heterocycles. The molecule has 2 fully saturated rings. The minimum Gasteiger partial charge on any atom is -0.351 e. The molecule has 7 nitrogen and oxygen atoms in total. The first kappa shape index (κ1) is 17.8. The highest BCUT2D eigenvalue weighted by molar-refractivity contribution is 5.26. The summed E-state index contributed by atoms with van der Waals surface area (Å²) in [6.07, 6.45) is 0. The van der Waals surface area contributed by atoms with Crippen molar-refractivity contribution < 1.29 is 4.74 Å². The van der Waals surface area contributed by atoms with Crippen molar-refractivity contribution in [3.05, 3.63) is 0 Å². The fourth-order valence-electron chi connectivity index (χ4n) is 2.92. The van der Waals surface area contributed by atoms with Crippen LogP contribution in [0.25, 0.3) is 0 Å². The van der Waals surface area contributed by atoms with Gasteiger partial charge in [0.15, 0.2) is 0 Å². The molecule has 7 heteroatoms. The molecule has 1 unspecified atom stereocenters. The standard InChI is InChI=1S/C15H32N6O/c1-14(8-17-4-5-18-9-14)20-12-22-13-21-7-6-19-10-15(2,11-21)16-3/h17-20H,3-13H2,1-2H3. The second-order valence-corrected chi connectivity index (χ2v) is 6.95. The molecule has 0 spiro atoms. The molecule has 128 valence electrons. The molecular weight excluding hydrogens is 280 g/mol. The lowest BCUT2D eigenvalue weighted by atomic mass is 10.0. The van der Waals surface area contributed by atoms with Crippen LogP contribution in [-0.4, -0.2) is 88.5 Å². The summed E-state index contributed by atoms with van der Waals surface area (Å²) in [5.41, 5.74) is -0.0948. The fraction of sp³-hybridized carbons (Fsp3) is 0.933. The number of rotatable bonds is 6. The van der Waals surface area contributed by atoms with Crippen LogP contribution >= 0.6 is 0 Å². The zero-order chi connectivity index (χ0) is 15.9. The number of nitrogens with one attached hydrogen (secondary N) is 4. The van der Waals surface area contributed by atoms with Crippen LogP contribution < -0.4 is 21.3 Å². The summed E-state index contributed by atoms with van der Waals surface area (Å²) in [7, 11) is 0. The number of aliphatic imine (C=N–C) groups is 1. The van der Waals surface area contributed by atoms with Gasteiger partial charge >= 0.3 is 0 Å². The summed E-state index contributed by atoms with van der Waals surface area (Å²) in [6.45, 7) is 16.9. The first-order valence-electron chi connectivity index (χ1n) is 8.20. The Labute approximate surface area is 134 Å². The Morgan fingerprint density at radius 1 is 1.14 bits per heavy atom. The molecule has 0 amide bonds. The predicted molar refractivity (Wildman–Crippen MR) is 90.5 cm³/mol. The Morgan fingerprint density at radius 3 is 2.50 bits per heavy atom. The van der Waals surface area contributed by atoms with E-state index >= 15 is 0 Å². The summed E-state index contributed by atoms with van der Waals surface area (Å²) in [5, 5.41) is 13.8. The van der Waals surface area contributed by atoms with E-state index in [2.05, 4.69) is 51.7 Å².